The second-order valence-corrected chi connectivity index (χ2v) is 3.43. The van der Waals surface area contributed by atoms with Crippen LogP contribution in [0.1, 0.15) is 5.56 Å². The van der Waals surface area contributed by atoms with Gasteiger partial charge in [-0.25, -0.2) is 0 Å². The summed E-state index contributed by atoms with van der Waals surface area (Å²) in [5, 5.41) is 8.44. The van der Waals surface area contributed by atoms with Gasteiger partial charge in [-0.15, -0.1) is 0 Å². The molecule has 0 aromatic heterocycles. The number of rotatable bonds is 6. The van der Waals surface area contributed by atoms with Crippen molar-refractivity contribution in [1.82, 2.24) is 4.90 Å². The molecule has 0 unspecified atom stereocenters. The lowest BCUT2D eigenvalue weighted by molar-refractivity contribution is 0.103. The van der Waals surface area contributed by atoms with Crippen LogP contribution in [0.2, 0.25) is 0 Å². The van der Waals surface area contributed by atoms with E-state index in [1.54, 1.807) is 0 Å². The SMILES string of the molecule is CN(CC#N)CCOCc1ccccc1. The molecule has 15 heavy (non-hydrogen) atoms. The van der Waals surface area contributed by atoms with Crippen molar-refractivity contribution in [3.8, 4) is 6.07 Å². The highest BCUT2D eigenvalue weighted by molar-refractivity contribution is 5.13. The summed E-state index contributed by atoms with van der Waals surface area (Å²) in [6, 6.07) is 12.2. The quantitative estimate of drug-likeness (QED) is 0.522. The van der Waals surface area contributed by atoms with Gasteiger partial charge in [-0.2, -0.15) is 5.26 Å². The van der Waals surface area contributed by atoms with Crippen LogP contribution in [-0.2, 0) is 11.3 Å². The van der Waals surface area contributed by atoms with Gasteiger partial charge in [-0.1, -0.05) is 30.3 Å². The Morgan fingerprint density at radius 1 is 1.33 bits per heavy atom. The summed E-state index contributed by atoms with van der Waals surface area (Å²) in [4.78, 5) is 1.94. The van der Waals surface area contributed by atoms with Crippen molar-refractivity contribution < 1.29 is 4.74 Å². The van der Waals surface area contributed by atoms with Crippen molar-refractivity contribution in [2.45, 2.75) is 6.61 Å². The van der Waals surface area contributed by atoms with Gasteiger partial charge in [0.25, 0.3) is 0 Å². The van der Waals surface area contributed by atoms with Gasteiger partial charge >= 0.3 is 0 Å². The van der Waals surface area contributed by atoms with Crippen LogP contribution in [-0.4, -0.2) is 31.6 Å². The van der Waals surface area contributed by atoms with Gasteiger partial charge in [0.05, 0.1) is 25.8 Å². The molecule has 0 aliphatic rings. The van der Waals surface area contributed by atoms with E-state index in [2.05, 4.69) is 6.07 Å². The highest BCUT2D eigenvalue weighted by Crippen LogP contribution is 2.00. The summed E-state index contributed by atoms with van der Waals surface area (Å²) < 4.78 is 5.49. The maximum atomic E-state index is 8.44. The Kier molecular flexibility index (Phi) is 5.46. The van der Waals surface area contributed by atoms with Crippen molar-refractivity contribution in [3.05, 3.63) is 35.9 Å². The molecule has 0 spiro atoms. The average Bonchev–Trinajstić information content (AvgIpc) is 2.26. The van der Waals surface area contributed by atoms with Crippen LogP contribution in [0.4, 0.5) is 0 Å². The minimum absolute atomic E-state index is 0.453. The second-order valence-electron chi connectivity index (χ2n) is 3.43. The number of benzene rings is 1. The standard InChI is InChI=1S/C12H16N2O/c1-14(8-7-13)9-10-15-11-12-5-3-2-4-6-12/h2-6H,8-11H2,1H3. The van der Waals surface area contributed by atoms with Crippen LogP contribution in [0.15, 0.2) is 30.3 Å². The molecule has 0 heterocycles. The topological polar surface area (TPSA) is 36.3 Å². The van der Waals surface area contributed by atoms with Crippen LogP contribution in [0.3, 0.4) is 0 Å². The van der Waals surface area contributed by atoms with Crippen LogP contribution < -0.4 is 0 Å². The molecule has 1 aromatic rings. The molecule has 0 saturated heterocycles. The first-order valence-electron chi connectivity index (χ1n) is 5.00. The number of likely N-dealkylation sites (N-methyl/N-ethyl adjacent to an activating group) is 1. The van der Waals surface area contributed by atoms with Crippen LogP contribution in [0.25, 0.3) is 0 Å². The Hall–Kier alpha value is -1.37. The lowest BCUT2D eigenvalue weighted by Gasteiger charge is -2.12. The fraction of sp³-hybridized carbons (Fsp3) is 0.417. The molecule has 0 bridgehead atoms. The Morgan fingerprint density at radius 2 is 2.07 bits per heavy atom. The third kappa shape index (κ3) is 5.16. The zero-order valence-electron chi connectivity index (χ0n) is 9.02. The first-order chi connectivity index (χ1) is 7.33. The molecule has 0 fully saturated rings. The molecular formula is C12H16N2O. The van der Waals surface area contributed by atoms with E-state index in [1.807, 2.05) is 42.3 Å². The predicted octanol–water partition coefficient (Wildman–Crippen LogP) is 1.66. The highest BCUT2D eigenvalue weighted by atomic mass is 16.5. The largest absolute Gasteiger partial charge is 0.375 e. The summed E-state index contributed by atoms with van der Waals surface area (Å²) in [6.45, 7) is 2.55. The monoisotopic (exact) mass is 204 g/mol. The van der Waals surface area contributed by atoms with Gasteiger partial charge in [0.2, 0.25) is 0 Å². The molecule has 1 rings (SSSR count). The second kappa shape index (κ2) is 6.99. The first kappa shape index (κ1) is 11.7. The van der Waals surface area contributed by atoms with Crippen molar-refractivity contribution in [2.75, 3.05) is 26.7 Å². The van der Waals surface area contributed by atoms with Crippen molar-refractivity contribution >= 4 is 0 Å². The molecule has 3 nitrogen and oxygen atoms in total. The zero-order valence-corrected chi connectivity index (χ0v) is 9.02. The maximum Gasteiger partial charge on any atom is 0.0864 e. The summed E-state index contributed by atoms with van der Waals surface area (Å²) >= 11 is 0. The van der Waals surface area contributed by atoms with E-state index in [0.717, 1.165) is 6.54 Å². The predicted molar refractivity (Wildman–Crippen MR) is 59.2 cm³/mol. The molecule has 0 N–H and O–H groups in total. The van der Waals surface area contributed by atoms with E-state index >= 15 is 0 Å². The Bertz CT molecular complexity index is 305. The van der Waals surface area contributed by atoms with Gasteiger partial charge in [-0.3, -0.25) is 4.90 Å². The Balaban J connectivity index is 2.10. The maximum absolute atomic E-state index is 8.44. The van der Waals surface area contributed by atoms with Crippen LogP contribution >= 0.6 is 0 Å². The number of ether oxygens (including phenoxy) is 1. The first-order valence-corrected chi connectivity index (χ1v) is 5.00. The summed E-state index contributed by atoms with van der Waals surface area (Å²) in [6.07, 6.45) is 0. The van der Waals surface area contributed by atoms with E-state index in [-0.39, 0.29) is 0 Å². The molecule has 0 amide bonds. The fourth-order valence-electron chi connectivity index (χ4n) is 1.18. The van der Waals surface area contributed by atoms with Crippen molar-refractivity contribution in [1.29, 1.82) is 5.26 Å². The van der Waals surface area contributed by atoms with Gasteiger partial charge in [-0.05, 0) is 12.6 Å². The number of hydrogen-bond donors (Lipinski definition) is 0. The van der Waals surface area contributed by atoms with Gasteiger partial charge in [0.1, 0.15) is 0 Å². The van der Waals surface area contributed by atoms with E-state index in [0.29, 0.717) is 19.8 Å². The lowest BCUT2D eigenvalue weighted by Crippen LogP contribution is -2.23. The van der Waals surface area contributed by atoms with E-state index < -0.39 is 0 Å². The minimum Gasteiger partial charge on any atom is -0.375 e. The van der Waals surface area contributed by atoms with Gasteiger partial charge in [0, 0.05) is 6.54 Å². The Morgan fingerprint density at radius 3 is 2.73 bits per heavy atom. The number of hydrogen-bond acceptors (Lipinski definition) is 3. The summed E-state index contributed by atoms with van der Waals surface area (Å²) in [5.74, 6) is 0. The zero-order chi connectivity index (χ0) is 10.9. The third-order valence-corrected chi connectivity index (χ3v) is 2.07. The number of nitriles is 1. The van der Waals surface area contributed by atoms with E-state index in [4.69, 9.17) is 10.00 Å². The van der Waals surface area contributed by atoms with Crippen LogP contribution in [0, 0.1) is 11.3 Å². The normalized spacial score (nSPS) is 10.2. The molecule has 3 heteroatoms. The molecule has 0 saturated carbocycles. The van der Waals surface area contributed by atoms with E-state index in [1.165, 1.54) is 5.56 Å². The molecule has 80 valence electrons. The fourth-order valence-corrected chi connectivity index (χ4v) is 1.18. The lowest BCUT2D eigenvalue weighted by atomic mass is 10.2. The van der Waals surface area contributed by atoms with Crippen LogP contribution in [0.5, 0.6) is 0 Å². The molecule has 0 aliphatic carbocycles. The molecule has 0 atom stereocenters. The van der Waals surface area contributed by atoms with Crippen molar-refractivity contribution in [3.63, 3.8) is 0 Å². The highest BCUT2D eigenvalue weighted by Gasteiger charge is 1.96. The molecule has 0 radical (unpaired) electrons. The molecule has 1 aromatic carbocycles. The summed E-state index contributed by atoms with van der Waals surface area (Å²) in [5.41, 5.74) is 1.18. The third-order valence-electron chi connectivity index (χ3n) is 2.07. The number of nitrogens with zero attached hydrogens (tertiary/aromatic N) is 2. The van der Waals surface area contributed by atoms with E-state index in [9.17, 15) is 0 Å². The van der Waals surface area contributed by atoms with Crippen molar-refractivity contribution in [2.24, 2.45) is 0 Å². The smallest absolute Gasteiger partial charge is 0.0864 e. The summed E-state index contributed by atoms with van der Waals surface area (Å²) in [7, 11) is 1.91. The average molecular weight is 204 g/mol. The Labute approximate surface area is 90.9 Å². The minimum atomic E-state index is 0.453. The van der Waals surface area contributed by atoms with Gasteiger partial charge in [0.15, 0.2) is 0 Å². The van der Waals surface area contributed by atoms with Gasteiger partial charge < -0.3 is 4.74 Å². The molecule has 0 aliphatic heterocycles. The molecular weight excluding hydrogens is 188 g/mol.